The van der Waals surface area contributed by atoms with E-state index >= 15 is 0 Å². The second kappa shape index (κ2) is 14.1. The van der Waals surface area contributed by atoms with Crippen molar-refractivity contribution in [2.75, 3.05) is 27.4 Å². The number of allylic oxidation sites excluding steroid dienone is 2. The first-order valence-corrected chi connectivity index (χ1v) is 11.0. The van der Waals surface area contributed by atoms with E-state index in [-0.39, 0.29) is 17.7 Å². The smallest absolute Gasteiger partial charge is 0.221 e. The molecule has 1 amide bonds. The van der Waals surface area contributed by atoms with Crippen molar-refractivity contribution in [2.45, 2.75) is 53.4 Å². The summed E-state index contributed by atoms with van der Waals surface area (Å²) in [7, 11) is 3.35. The van der Waals surface area contributed by atoms with E-state index in [1.165, 1.54) is 5.56 Å². The molecule has 0 aliphatic rings. The van der Waals surface area contributed by atoms with Crippen molar-refractivity contribution in [3.05, 3.63) is 35.9 Å². The molecule has 5 nitrogen and oxygen atoms in total. The Bertz CT molecular complexity index is 655. The molecule has 0 fully saturated rings. The molecule has 1 aromatic carbocycles. The third-order valence-electron chi connectivity index (χ3n) is 5.58. The first-order chi connectivity index (χ1) is 14.3. The van der Waals surface area contributed by atoms with Crippen LogP contribution in [0.3, 0.4) is 0 Å². The fourth-order valence-electron chi connectivity index (χ4n) is 3.47. The lowest BCUT2D eigenvalue weighted by Crippen LogP contribution is -2.26. The van der Waals surface area contributed by atoms with Crippen LogP contribution < -0.4 is 15.2 Å². The largest absolute Gasteiger partial charge is 0.493 e. The van der Waals surface area contributed by atoms with Crippen LogP contribution in [0.15, 0.2) is 30.4 Å². The molecule has 0 spiro atoms. The SMILES string of the molecule is COCCCOc1cc(C[C@@H](CC=CC[C@H](C(N)=O)C(C)C)C(C)C)ccc1OC. The minimum atomic E-state index is -0.216. The van der Waals surface area contributed by atoms with Crippen LogP contribution in [0.25, 0.3) is 0 Å². The average Bonchev–Trinajstić information content (AvgIpc) is 2.69. The summed E-state index contributed by atoms with van der Waals surface area (Å²) in [5.74, 6) is 2.52. The van der Waals surface area contributed by atoms with Crippen LogP contribution in [0, 0.1) is 23.7 Å². The number of ether oxygens (including phenoxy) is 3. The van der Waals surface area contributed by atoms with Crippen molar-refractivity contribution < 1.29 is 19.0 Å². The number of nitrogens with two attached hydrogens (primary N) is 1. The maximum atomic E-state index is 11.6. The molecule has 0 aliphatic carbocycles. The highest BCUT2D eigenvalue weighted by atomic mass is 16.5. The van der Waals surface area contributed by atoms with E-state index in [0.29, 0.717) is 31.5 Å². The van der Waals surface area contributed by atoms with Crippen LogP contribution >= 0.6 is 0 Å². The number of hydrogen-bond acceptors (Lipinski definition) is 4. The molecule has 0 aromatic heterocycles. The Balaban J connectivity index is 2.75. The van der Waals surface area contributed by atoms with E-state index in [0.717, 1.165) is 30.8 Å². The predicted molar refractivity (Wildman–Crippen MR) is 123 cm³/mol. The first-order valence-electron chi connectivity index (χ1n) is 11.0. The van der Waals surface area contributed by atoms with Gasteiger partial charge in [-0.15, -0.1) is 0 Å². The van der Waals surface area contributed by atoms with E-state index in [9.17, 15) is 4.79 Å². The van der Waals surface area contributed by atoms with Crippen LogP contribution in [0.4, 0.5) is 0 Å². The van der Waals surface area contributed by atoms with Gasteiger partial charge in [0.2, 0.25) is 5.91 Å². The van der Waals surface area contributed by atoms with Crippen molar-refractivity contribution in [3.8, 4) is 11.5 Å². The quantitative estimate of drug-likeness (QED) is 0.320. The molecule has 0 aliphatic heterocycles. The van der Waals surface area contributed by atoms with Crippen LogP contribution in [0.1, 0.15) is 52.5 Å². The van der Waals surface area contributed by atoms with Gasteiger partial charge in [0.05, 0.1) is 13.7 Å². The summed E-state index contributed by atoms with van der Waals surface area (Å²) in [6.45, 7) is 9.87. The fourth-order valence-corrected chi connectivity index (χ4v) is 3.47. The van der Waals surface area contributed by atoms with E-state index in [1.807, 2.05) is 19.9 Å². The highest BCUT2D eigenvalue weighted by molar-refractivity contribution is 5.77. The summed E-state index contributed by atoms with van der Waals surface area (Å²) in [6, 6.07) is 6.18. The van der Waals surface area contributed by atoms with Crippen molar-refractivity contribution in [3.63, 3.8) is 0 Å². The summed E-state index contributed by atoms with van der Waals surface area (Å²) >= 11 is 0. The van der Waals surface area contributed by atoms with Crippen LogP contribution in [-0.4, -0.2) is 33.3 Å². The molecule has 2 N–H and O–H groups in total. The highest BCUT2D eigenvalue weighted by Gasteiger charge is 2.18. The lowest BCUT2D eigenvalue weighted by molar-refractivity contribution is -0.122. The molecule has 0 bridgehead atoms. The number of benzene rings is 1. The highest BCUT2D eigenvalue weighted by Crippen LogP contribution is 2.31. The van der Waals surface area contributed by atoms with Gasteiger partial charge >= 0.3 is 0 Å². The van der Waals surface area contributed by atoms with E-state index < -0.39 is 0 Å². The third-order valence-corrected chi connectivity index (χ3v) is 5.58. The number of hydrogen-bond donors (Lipinski definition) is 1. The van der Waals surface area contributed by atoms with Crippen LogP contribution in [0.2, 0.25) is 0 Å². The monoisotopic (exact) mass is 419 g/mol. The predicted octanol–water partition coefficient (Wildman–Crippen LogP) is 5.02. The van der Waals surface area contributed by atoms with E-state index in [2.05, 4.69) is 38.1 Å². The number of carbonyl (C=O) groups excluding carboxylic acids is 1. The topological polar surface area (TPSA) is 70.8 Å². The molecule has 0 unspecified atom stereocenters. The zero-order chi connectivity index (χ0) is 22.5. The Labute approximate surface area is 183 Å². The Morgan fingerprint density at radius 3 is 2.27 bits per heavy atom. The van der Waals surface area contributed by atoms with Crippen molar-refractivity contribution in [1.29, 1.82) is 0 Å². The maximum absolute atomic E-state index is 11.6. The molecule has 2 atom stereocenters. The van der Waals surface area contributed by atoms with E-state index in [1.54, 1.807) is 14.2 Å². The van der Waals surface area contributed by atoms with Gasteiger partial charge in [-0.2, -0.15) is 0 Å². The number of methoxy groups -OCH3 is 2. The minimum absolute atomic E-state index is 0.0989. The van der Waals surface area contributed by atoms with Crippen molar-refractivity contribution in [2.24, 2.45) is 29.4 Å². The van der Waals surface area contributed by atoms with Gasteiger partial charge in [-0.1, -0.05) is 45.9 Å². The molecule has 1 aromatic rings. The second-order valence-corrected chi connectivity index (χ2v) is 8.58. The molecule has 170 valence electrons. The third kappa shape index (κ3) is 9.21. The lowest BCUT2D eigenvalue weighted by Gasteiger charge is -2.21. The summed E-state index contributed by atoms with van der Waals surface area (Å²) < 4.78 is 16.4. The van der Waals surface area contributed by atoms with Crippen molar-refractivity contribution >= 4 is 5.91 Å². The van der Waals surface area contributed by atoms with Crippen LogP contribution in [-0.2, 0) is 16.0 Å². The number of amides is 1. The molecule has 0 saturated heterocycles. The normalized spacial score (nSPS) is 13.7. The van der Waals surface area contributed by atoms with Gasteiger partial charge in [0.25, 0.3) is 0 Å². The Morgan fingerprint density at radius 1 is 1.00 bits per heavy atom. The van der Waals surface area contributed by atoms with Gasteiger partial charge in [0.1, 0.15) is 0 Å². The maximum Gasteiger partial charge on any atom is 0.221 e. The van der Waals surface area contributed by atoms with Gasteiger partial charge in [-0.3, -0.25) is 4.79 Å². The Morgan fingerprint density at radius 2 is 1.70 bits per heavy atom. The molecule has 5 heteroatoms. The number of rotatable bonds is 15. The molecule has 0 heterocycles. The van der Waals surface area contributed by atoms with E-state index in [4.69, 9.17) is 19.9 Å². The Hall–Kier alpha value is -2.01. The average molecular weight is 420 g/mol. The van der Waals surface area contributed by atoms with Crippen molar-refractivity contribution in [1.82, 2.24) is 0 Å². The molecular formula is C25H41NO4. The van der Waals surface area contributed by atoms with Gasteiger partial charge in [-0.05, 0) is 54.7 Å². The summed E-state index contributed by atoms with van der Waals surface area (Å²) in [6.07, 6.45) is 7.80. The molecule has 0 radical (unpaired) electrons. The minimum Gasteiger partial charge on any atom is -0.493 e. The zero-order valence-corrected chi connectivity index (χ0v) is 19.6. The fraction of sp³-hybridized carbons (Fsp3) is 0.640. The molecule has 1 rings (SSSR count). The molecule has 30 heavy (non-hydrogen) atoms. The standard InChI is InChI=1S/C25H41NO4/c1-18(2)21(10-7-8-11-22(19(3)4)25(26)27)16-20-12-13-23(29-6)24(17-20)30-15-9-14-28-5/h7-8,12-13,17-19,21-22H,9-11,14-16H2,1-6H3,(H2,26,27)/t21-,22+/m1/s1. The van der Waals surface area contributed by atoms with Gasteiger partial charge in [0, 0.05) is 26.1 Å². The second-order valence-electron chi connectivity index (χ2n) is 8.58. The summed E-state index contributed by atoms with van der Waals surface area (Å²) in [5, 5.41) is 0. The Kier molecular flexibility index (Phi) is 12.2. The summed E-state index contributed by atoms with van der Waals surface area (Å²) in [5.41, 5.74) is 6.76. The zero-order valence-electron chi connectivity index (χ0n) is 19.6. The van der Waals surface area contributed by atoms with Gasteiger partial charge in [0.15, 0.2) is 11.5 Å². The summed E-state index contributed by atoms with van der Waals surface area (Å²) in [4.78, 5) is 11.6. The first kappa shape index (κ1) is 26.0. The van der Waals surface area contributed by atoms with Gasteiger partial charge < -0.3 is 19.9 Å². The lowest BCUT2D eigenvalue weighted by atomic mass is 9.86. The van der Waals surface area contributed by atoms with Crippen LogP contribution in [0.5, 0.6) is 11.5 Å². The molecular weight excluding hydrogens is 378 g/mol. The number of carbonyl (C=O) groups is 1. The number of primary amides is 1. The molecule has 0 saturated carbocycles. The van der Waals surface area contributed by atoms with Gasteiger partial charge in [-0.25, -0.2) is 0 Å².